The highest BCUT2D eigenvalue weighted by Gasteiger charge is 2.31. The van der Waals surface area contributed by atoms with Gasteiger partial charge in [0.05, 0.1) is 11.9 Å². The number of sulfonamides is 1. The number of nitrogens with zero attached hydrogens (tertiary/aromatic N) is 2. The second-order valence-electron chi connectivity index (χ2n) is 7.30. The first-order valence-corrected chi connectivity index (χ1v) is 11.7. The zero-order valence-corrected chi connectivity index (χ0v) is 18.9. The predicted octanol–water partition coefficient (Wildman–Crippen LogP) is 2.45. The average molecular weight is 450 g/mol. The fourth-order valence-electron chi connectivity index (χ4n) is 3.31. The zero-order valence-electron chi connectivity index (χ0n) is 18.1. The van der Waals surface area contributed by atoms with Crippen LogP contribution in [0.25, 0.3) is 0 Å². The summed E-state index contributed by atoms with van der Waals surface area (Å²) in [6.45, 7) is 3.34. The monoisotopic (exact) mass is 449 g/mol. The molecule has 0 spiro atoms. The van der Waals surface area contributed by atoms with Crippen molar-refractivity contribution in [1.82, 2.24) is 10.2 Å². The van der Waals surface area contributed by atoms with Crippen molar-refractivity contribution in [2.45, 2.75) is 32.9 Å². The van der Waals surface area contributed by atoms with Crippen molar-refractivity contribution in [2.75, 3.05) is 24.2 Å². The zero-order chi connectivity index (χ0) is 23.2. The van der Waals surface area contributed by atoms with E-state index < -0.39 is 34.3 Å². The molecule has 0 aromatic heterocycles. The first kappa shape index (κ1) is 24.3. The Labute approximate surface area is 182 Å². The van der Waals surface area contributed by atoms with Crippen LogP contribution < -0.4 is 9.62 Å². The summed E-state index contributed by atoms with van der Waals surface area (Å²) in [5, 5.41) is 2.56. The van der Waals surface area contributed by atoms with E-state index in [0.29, 0.717) is 6.42 Å². The van der Waals surface area contributed by atoms with E-state index in [0.717, 1.165) is 33.8 Å². The lowest BCUT2D eigenvalue weighted by Gasteiger charge is -2.32. The summed E-state index contributed by atoms with van der Waals surface area (Å²) in [5.41, 5.74) is 1.99. The van der Waals surface area contributed by atoms with Crippen LogP contribution >= 0.6 is 0 Å². The number of benzene rings is 2. The van der Waals surface area contributed by atoms with E-state index in [2.05, 4.69) is 5.32 Å². The standard InChI is InChI=1S/C22H28FN3O4S/c1-5-20(22(28)24-3)25(14-17-8-6-7-16(2)13-17)21(27)15-26(31(4,29)30)19-11-9-18(23)10-12-19/h6-13,20H,5,14-15H2,1-4H3,(H,24,28)/t20-/m1/s1. The molecule has 168 valence electrons. The topological polar surface area (TPSA) is 86.8 Å². The molecular formula is C22H28FN3O4S. The molecule has 0 saturated carbocycles. The Bertz CT molecular complexity index is 1030. The molecule has 0 unspecified atom stereocenters. The molecule has 0 aliphatic carbocycles. The van der Waals surface area contributed by atoms with Gasteiger partial charge in [-0.3, -0.25) is 13.9 Å². The SMILES string of the molecule is CC[C@H](C(=O)NC)N(Cc1cccc(C)c1)C(=O)CN(c1ccc(F)cc1)S(C)(=O)=O. The number of rotatable bonds is 9. The molecule has 2 aromatic rings. The van der Waals surface area contributed by atoms with Crippen LogP contribution in [0, 0.1) is 12.7 Å². The number of likely N-dealkylation sites (N-methyl/N-ethyl adjacent to an activating group) is 1. The molecule has 0 heterocycles. The number of hydrogen-bond acceptors (Lipinski definition) is 4. The number of carbonyl (C=O) groups is 2. The normalized spacial score (nSPS) is 12.2. The summed E-state index contributed by atoms with van der Waals surface area (Å²) in [7, 11) is -2.35. The fraction of sp³-hybridized carbons (Fsp3) is 0.364. The summed E-state index contributed by atoms with van der Waals surface area (Å²) in [6.07, 6.45) is 1.33. The smallest absolute Gasteiger partial charge is 0.244 e. The van der Waals surface area contributed by atoms with Crippen molar-refractivity contribution in [1.29, 1.82) is 0 Å². The Morgan fingerprint density at radius 1 is 1.13 bits per heavy atom. The highest BCUT2D eigenvalue weighted by Crippen LogP contribution is 2.20. The summed E-state index contributed by atoms with van der Waals surface area (Å²) >= 11 is 0. The van der Waals surface area contributed by atoms with Crippen molar-refractivity contribution in [3.63, 3.8) is 0 Å². The van der Waals surface area contributed by atoms with Gasteiger partial charge in [0, 0.05) is 13.6 Å². The summed E-state index contributed by atoms with van der Waals surface area (Å²) in [5.74, 6) is -1.39. The van der Waals surface area contributed by atoms with Crippen LogP contribution in [0.4, 0.5) is 10.1 Å². The first-order chi connectivity index (χ1) is 14.6. The molecule has 0 bridgehead atoms. The minimum Gasteiger partial charge on any atom is -0.357 e. The van der Waals surface area contributed by atoms with Crippen LogP contribution in [0.1, 0.15) is 24.5 Å². The molecule has 2 aromatic carbocycles. The molecule has 2 rings (SSSR count). The Morgan fingerprint density at radius 2 is 1.77 bits per heavy atom. The number of carbonyl (C=O) groups excluding carboxylic acids is 2. The minimum atomic E-state index is -3.83. The van der Waals surface area contributed by atoms with E-state index in [1.165, 1.54) is 24.1 Å². The molecule has 31 heavy (non-hydrogen) atoms. The molecular weight excluding hydrogens is 421 g/mol. The molecule has 0 fully saturated rings. The third-order valence-electron chi connectivity index (χ3n) is 4.86. The summed E-state index contributed by atoms with van der Waals surface area (Å²) in [6, 6.07) is 11.6. The number of aryl methyl sites for hydroxylation is 1. The molecule has 1 atom stereocenters. The van der Waals surface area contributed by atoms with E-state index in [9.17, 15) is 22.4 Å². The second-order valence-corrected chi connectivity index (χ2v) is 9.20. The maximum absolute atomic E-state index is 13.3. The van der Waals surface area contributed by atoms with Gasteiger partial charge in [0.25, 0.3) is 0 Å². The Hall–Kier alpha value is -2.94. The van der Waals surface area contributed by atoms with E-state index in [4.69, 9.17) is 0 Å². The largest absolute Gasteiger partial charge is 0.357 e. The average Bonchev–Trinajstić information content (AvgIpc) is 2.71. The molecule has 1 N–H and O–H groups in total. The van der Waals surface area contributed by atoms with E-state index >= 15 is 0 Å². The number of halogens is 1. The van der Waals surface area contributed by atoms with Gasteiger partial charge < -0.3 is 10.2 Å². The van der Waals surface area contributed by atoms with Gasteiger partial charge in [-0.05, 0) is 43.2 Å². The molecule has 2 amide bonds. The minimum absolute atomic E-state index is 0.146. The van der Waals surface area contributed by atoms with Gasteiger partial charge in [0.15, 0.2) is 0 Å². The maximum atomic E-state index is 13.3. The van der Waals surface area contributed by atoms with E-state index in [1.807, 2.05) is 31.2 Å². The van der Waals surface area contributed by atoms with Crippen LogP contribution in [0.2, 0.25) is 0 Å². The van der Waals surface area contributed by atoms with Gasteiger partial charge in [0.1, 0.15) is 18.4 Å². The van der Waals surface area contributed by atoms with Gasteiger partial charge in [-0.1, -0.05) is 36.8 Å². The lowest BCUT2D eigenvalue weighted by atomic mass is 10.1. The Morgan fingerprint density at radius 3 is 2.29 bits per heavy atom. The highest BCUT2D eigenvalue weighted by atomic mass is 32.2. The number of nitrogens with one attached hydrogen (secondary N) is 1. The van der Waals surface area contributed by atoms with E-state index in [-0.39, 0.29) is 18.1 Å². The fourth-order valence-corrected chi connectivity index (χ4v) is 4.16. The molecule has 7 nitrogen and oxygen atoms in total. The molecule has 9 heteroatoms. The van der Waals surface area contributed by atoms with Crippen molar-refractivity contribution in [2.24, 2.45) is 0 Å². The summed E-state index contributed by atoms with van der Waals surface area (Å²) < 4.78 is 39.0. The van der Waals surface area contributed by atoms with Gasteiger partial charge in [-0.2, -0.15) is 0 Å². The molecule has 0 saturated heterocycles. The van der Waals surface area contributed by atoms with Gasteiger partial charge in [0.2, 0.25) is 21.8 Å². The van der Waals surface area contributed by atoms with Crippen molar-refractivity contribution >= 4 is 27.5 Å². The van der Waals surface area contributed by atoms with Gasteiger partial charge in [-0.15, -0.1) is 0 Å². The van der Waals surface area contributed by atoms with Crippen molar-refractivity contribution in [3.05, 3.63) is 65.5 Å². The van der Waals surface area contributed by atoms with Crippen LogP contribution in [0.15, 0.2) is 48.5 Å². The number of hydrogen-bond donors (Lipinski definition) is 1. The Kier molecular flexibility index (Phi) is 8.15. The van der Waals surface area contributed by atoms with E-state index in [1.54, 1.807) is 6.92 Å². The van der Waals surface area contributed by atoms with Gasteiger partial charge >= 0.3 is 0 Å². The molecule has 0 aliphatic heterocycles. The van der Waals surface area contributed by atoms with Crippen molar-refractivity contribution < 1.29 is 22.4 Å². The third kappa shape index (κ3) is 6.52. The lowest BCUT2D eigenvalue weighted by Crippen LogP contribution is -2.51. The van der Waals surface area contributed by atoms with Crippen LogP contribution in [-0.4, -0.2) is 51.0 Å². The maximum Gasteiger partial charge on any atom is 0.244 e. The number of amides is 2. The van der Waals surface area contributed by atoms with Crippen LogP contribution in [-0.2, 0) is 26.2 Å². The third-order valence-corrected chi connectivity index (χ3v) is 6.00. The van der Waals surface area contributed by atoms with Gasteiger partial charge in [-0.25, -0.2) is 12.8 Å². The van der Waals surface area contributed by atoms with Crippen LogP contribution in [0.3, 0.4) is 0 Å². The molecule has 0 radical (unpaired) electrons. The summed E-state index contributed by atoms with van der Waals surface area (Å²) in [4.78, 5) is 27.2. The quantitative estimate of drug-likeness (QED) is 0.637. The van der Waals surface area contributed by atoms with Crippen molar-refractivity contribution in [3.8, 4) is 0 Å². The lowest BCUT2D eigenvalue weighted by molar-refractivity contribution is -0.140. The Balaban J connectivity index is 2.41. The second kappa shape index (κ2) is 10.4. The van der Waals surface area contributed by atoms with Crippen LogP contribution in [0.5, 0.6) is 0 Å². The number of anilines is 1. The highest BCUT2D eigenvalue weighted by molar-refractivity contribution is 7.92. The predicted molar refractivity (Wildman–Crippen MR) is 118 cm³/mol. The molecule has 0 aliphatic rings. The first-order valence-electron chi connectivity index (χ1n) is 9.86.